The maximum Gasteiger partial charge on any atom is 0.272 e. The second-order valence-corrected chi connectivity index (χ2v) is 4.67. The van der Waals surface area contributed by atoms with Crippen molar-refractivity contribution in [1.29, 1.82) is 5.26 Å². The third-order valence-electron chi connectivity index (χ3n) is 3.41. The van der Waals surface area contributed by atoms with Crippen molar-refractivity contribution < 1.29 is 14.1 Å². The number of nitriles is 1. The average Bonchev–Trinajstić information content (AvgIpc) is 2.85. The second kappa shape index (κ2) is 5.65. The summed E-state index contributed by atoms with van der Waals surface area (Å²) in [6.07, 6.45) is 2.23. The molecular formula is C13H12FN3O3. The van der Waals surface area contributed by atoms with Gasteiger partial charge in [-0.2, -0.15) is 5.26 Å². The lowest BCUT2D eigenvalue weighted by Gasteiger charge is -2.15. The van der Waals surface area contributed by atoms with Crippen LogP contribution >= 0.6 is 0 Å². The molecule has 1 amide bonds. The molecule has 1 N–H and O–H groups in total. The van der Waals surface area contributed by atoms with Gasteiger partial charge in [-0.25, -0.2) is 4.39 Å². The highest BCUT2D eigenvalue weighted by atomic mass is 19.1. The quantitative estimate of drug-likeness (QED) is 0.676. The number of carbonyl (C=O) groups excluding carboxylic acids is 1. The van der Waals surface area contributed by atoms with Gasteiger partial charge in [0.2, 0.25) is 0 Å². The van der Waals surface area contributed by atoms with Crippen molar-refractivity contribution in [2.24, 2.45) is 5.92 Å². The monoisotopic (exact) mass is 277 g/mol. The molecule has 2 atom stereocenters. The molecule has 2 unspecified atom stereocenters. The van der Waals surface area contributed by atoms with Crippen molar-refractivity contribution in [3.05, 3.63) is 39.7 Å². The number of hydrogen-bond donors (Lipinski definition) is 1. The number of hydrogen-bond acceptors (Lipinski definition) is 4. The molecule has 0 aliphatic heterocycles. The molecule has 1 saturated carbocycles. The maximum atomic E-state index is 13.7. The first-order valence-electron chi connectivity index (χ1n) is 6.17. The Morgan fingerprint density at radius 2 is 2.25 bits per heavy atom. The first-order chi connectivity index (χ1) is 9.52. The van der Waals surface area contributed by atoms with Crippen LogP contribution in [-0.2, 0) is 0 Å². The van der Waals surface area contributed by atoms with Crippen molar-refractivity contribution in [2.45, 2.75) is 25.3 Å². The lowest BCUT2D eigenvalue weighted by Crippen LogP contribution is -2.37. The van der Waals surface area contributed by atoms with Gasteiger partial charge >= 0.3 is 0 Å². The summed E-state index contributed by atoms with van der Waals surface area (Å²) >= 11 is 0. The highest BCUT2D eigenvalue weighted by Gasteiger charge is 2.29. The molecule has 1 fully saturated rings. The van der Waals surface area contributed by atoms with Crippen LogP contribution in [0.1, 0.15) is 29.6 Å². The summed E-state index contributed by atoms with van der Waals surface area (Å²) in [4.78, 5) is 21.7. The zero-order valence-corrected chi connectivity index (χ0v) is 10.5. The molecule has 0 bridgehead atoms. The summed E-state index contributed by atoms with van der Waals surface area (Å²) in [6.45, 7) is 0. The molecule has 104 valence electrons. The average molecular weight is 277 g/mol. The first-order valence-corrected chi connectivity index (χ1v) is 6.17. The first kappa shape index (κ1) is 13.9. The van der Waals surface area contributed by atoms with E-state index in [1.807, 2.05) is 0 Å². The van der Waals surface area contributed by atoms with Crippen molar-refractivity contribution >= 4 is 11.6 Å². The normalized spacial score (nSPS) is 21.2. The highest BCUT2D eigenvalue weighted by Crippen LogP contribution is 2.25. The minimum atomic E-state index is -0.941. The number of benzene rings is 1. The van der Waals surface area contributed by atoms with Crippen LogP contribution in [0.4, 0.5) is 10.1 Å². The van der Waals surface area contributed by atoms with E-state index in [0.29, 0.717) is 18.9 Å². The molecule has 0 radical (unpaired) electrons. The molecule has 0 heterocycles. The molecule has 1 aromatic carbocycles. The fraction of sp³-hybridized carbons (Fsp3) is 0.385. The molecule has 1 aromatic rings. The lowest BCUT2D eigenvalue weighted by molar-refractivity contribution is -0.385. The summed E-state index contributed by atoms with van der Waals surface area (Å²) in [6, 6.07) is 4.70. The van der Waals surface area contributed by atoms with Crippen LogP contribution in [-0.4, -0.2) is 16.9 Å². The third-order valence-corrected chi connectivity index (χ3v) is 3.41. The van der Waals surface area contributed by atoms with Gasteiger partial charge in [-0.15, -0.1) is 0 Å². The third kappa shape index (κ3) is 2.74. The van der Waals surface area contributed by atoms with Crippen LogP contribution in [0.25, 0.3) is 0 Å². The van der Waals surface area contributed by atoms with Gasteiger partial charge in [0.15, 0.2) is 0 Å². The van der Waals surface area contributed by atoms with E-state index < -0.39 is 22.3 Å². The number of nitro groups is 1. The molecule has 20 heavy (non-hydrogen) atoms. The molecule has 2 rings (SSSR count). The summed E-state index contributed by atoms with van der Waals surface area (Å²) < 4.78 is 13.7. The SMILES string of the molecule is N#CC1CCCC1NC(=O)c1ccc([N+](=O)[O-])cc1F. The van der Waals surface area contributed by atoms with E-state index in [9.17, 15) is 19.3 Å². The summed E-state index contributed by atoms with van der Waals surface area (Å²) in [5.74, 6) is -1.85. The standard InChI is InChI=1S/C13H12FN3O3/c14-11-6-9(17(19)20)4-5-10(11)13(18)16-12-3-1-2-8(12)7-15/h4-6,8,12H,1-3H2,(H,16,18). The van der Waals surface area contributed by atoms with Crippen LogP contribution < -0.4 is 5.32 Å². The summed E-state index contributed by atoms with van der Waals surface area (Å²) in [5, 5.41) is 22.0. The minimum Gasteiger partial charge on any atom is -0.348 e. The summed E-state index contributed by atoms with van der Waals surface area (Å²) in [7, 11) is 0. The number of halogens is 1. The molecule has 0 spiro atoms. The Hall–Kier alpha value is -2.49. The van der Waals surface area contributed by atoms with Crippen molar-refractivity contribution in [3.63, 3.8) is 0 Å². The van der Waals surface area contributed by atoms with Gasteiger partial charge in [-0.3, -0.25) is 14.9 Å². The fourth-order valence-corrected chi connectivity index (χ4v) is 2.34. The molecular weight excluding hydrogens is 265 g/mol. The van der Waals surface area contributed by atoms with Crippen LogP contribution in [0.5, 0.6) is 0 Å². The van der Waals surface area contributed by atoms with Crippen LogP contribution in [0.3, 0.4) is 0 Å². The van der Waals surface area contributed by atoms with E-state index in [1.165, 1.54) is 0 Å². The number of nitro benzene ring substituents is 1. The van der Waals surface area contributed by atoms with E-state index in [-0.39, 0.29) is 17.5 Å². The number of carbonyl (C=O) groups is 1. The Kier molecular flexibility index (Phi) is 3.94. The topological polar surface area (TPSA) is 96.0 Å². The Balaban J connectivity index is 2.14. The predicted octanol–water partition coefficient (Wildman–Crippen LogP) is 2.16. The largest absolute Gasteiger partial charge is 0.348 e. The van der Waals surface area contributed by atoms with Crippen LogP contribution in [0, 0.1) is 33.2 Å². The van der Waals surface area contributed by atoms with Gasteiger partial charge in [-0.05, 0) is 25.3 Å². The van der Waals surface area contributed by atoms with Crippen LogP contribution in [0.15, 0.2) is 18.2 Å². The van der Waals surface area contributed by atoms with Gasteiger partial charge in [0.1, 0.15) is 5.82 Å². The maximum absolute atomic E-state index is 13.7. The fourth-order valence-electron chi connectivity index (χ4n) is 2.34. The van der Waals surface area contributed by atoms with Crippen LogP contribution in [0.2, 0.25) is 0 Å². The number of non-ortho nitro benzene ring substituents is 1. The molecule has 6 nitrogen and oxygen atoms in total. The molecule has 1 aliphatic rings. The van der Waals surface area contributed by atoms with Crippen molar-refractivity contribution in [2.75, 3.05) is 0 Å². The van der Waals surface area contributed by atoms with E-state index >= 15 is 0 Å². The Morgan fingerprint density at radius 1 is 1.50 bits per heavy atom. The van der Waals surface area contributed by atoms with Gasteiger partial charge in [-0.1, -0.05) is 0 Å². The Labute approximate surface area is 114 Å². The number of nitrogens with zero attached hydrogens (tertiary/aromatic N) is 2. The lowest BCUT2D eigenvalue weighted by atomic mass is 10.1. The number of amides is 1. The van der Waals surface area contributed by atoms with Gasteiger partial charge in [0.05, 0.1) is 28.5 Å². The Morgan fingerprint density at radius 3 is 2.85 bits per heavy atom. The zero-order chi connectivity index (χ0) is 14.7. The smallest absolute Gasteiger partial charge is 0.272 e. The van der Waals surface area contributed by atoms with Crippen molar-refractivity contribution in [1.82, 2.24) is 5.32 Å². The van der Waals surface area contributed by atoms with E-state index in [1.54, 1.807) is 0 Å². The van der Waals surface area contributed by atoms with E-state index in [0.717, 1.165) is 18.6 Å². The molecule has 1 aliphatic carbocycles. The van der Waals surface area contributed by atoms with Crippen molar-refractivity contribution in [3.8, 4) is 6.07 Å². The predicted molar refractivity (Wildman–Crippen MR) is 67.3 cm³/mol. The van der Waals surface area contributed by atoms with Gasteiger partial charge in [0, 0.05) is 12.1 Å². The Bertz CT molecular complexity index is 597. The highest BCUT2D eigenvalue weighted by molar-refractivity contribution is 5.95. The minimum absolute atomic E-state index is 0.251. The number of rotatable bonds is 3. The number of nitrogens with one attached hydrogen (secondary N) is 1. The molecule has 0 aromatic heterocycles. The second-order valence-electron chi connectivity index (χ2n) is 4.67. The van der Waals surface area contributed by atoms with Gasteiger partial charge in [0.25, 0.3) is 11.6 Å². The molecule has 7 heteroatoms. The zero-order valence-electron chi connectivity index (χ0n) is 10.5. The van der Waals surface area contributed by atoms with Gasteiger partial charge < -0.3 is 5.32 Å². The summed E-state index contributed by atoms with van der Waals surface area (Å²) in [5.41, 5.74) is -0.658. The van der Waals surface area contributed by atoms with E-state index in [2.05, 4.69) is 11.4 Å². The molecule has 0 saturated heterocycles. The van der Waals surface area contributed by atoms with E-state index in [4.69, 9.17) is 5.26 Å².